The predicted octanol–water partition coefficient (Wildman–Crippen LogP) is 2.24. The fourth-order valence-corrected chi connectivity index (χ4v) is 3.50. The van der Waals surface area contributed by atoms with E-state index in [1.807, 2.05) is 18.2 Å². The number of carbonyl (C=O) groups is 3. The average Bonchev–Trinajstić information content (AvgIpc) is 2.68. The van der Waals surface area contributed by atoms with Gasteiger partial charge in [0.15, 0.2) is 0 Å². The second-order valence-corrected chi connectivity index (χ2v) is 6.70. The highest BCUT2D eigenvalue weighted by Crippen LogP contribution is 2.29. The molecule has 0 aliphatic heterocycles. The molecule has 3 rings (SSSR count). The Morgan fingerprint density at radius 3 is 2.59 bits per heavy atom. The number of carboxylic acids is 1. The number of hydrogen-bond acceptors (Lipinski definition) is 3. The smallest absolute Gasteiger partial charge is 0.335 e. The molecule has 0 saturated carbocycles. The maximum atomic E-state index is 12.8. The Morgan fingerprint density at radius 1 is 1.15 bits per heavy atom. The third kappa shape index (κ3) is 4.53. The monoisotopic (exact) mass is 366 g/mol. The number of aromatic carboxylic acids is 1. The SMILES string of the molecule is O=CNC(Cc1ccc(C(=O)O)cc1)C(=O)NC1CCCc2ccccc21. The molecule has 2 aromatic rings. The summed E-state index contributed by atoms with van der Waals surface area (Å²) in [5.74, 6) is -1.25. The second-order valence-electron chi connectivity index (χ2n) is 6.70. The molecule has 6 heteroatoms. The molecule has 27 heavy (non-hydrogen) atoms. The molecule has 2 atom stereocenters. The van der Waals surface area contributed by atoms with E-state index < -0.39 is 12.0 Å². The molecule has 0 radical (unpaired) electrons. The Kier molecular flexibility index (Phi) is 5.86. The van der Waals surface area contributed by atoms with Crippen molar-refractivity contribution in [2.45, 2.75) is 37.8 Å². The van der Waals surface area contributed by atoms with Crippen LogP contribution < -0.4 is 10.6 Å². The normalized spacial score (nSPS) is 16.7. The lowest BCUT2D eigenvalue weighted by molar-refractivity contribution is -0.126. The number of carbonyl (C=O) groups excluding carboxylic acids is 2. The molecule has 2 unspecified atom stereocenters. The quantitative estimate of drug-likeness (QED) is 0.655. The Bertz CT molecular complexity index is 832. The summed E-state index contributed by atoms with van der Waals surface area (Å²) in [7, 11) is 0. The highest BCUT2D eigenvalue weighted by molar-refractivity contribution is 5.87. The number of fused-ring (bicyclic) bond motifs is 1. The summed E-state index contributed by atoms with van der Waals surface area (Å²) >= 11 is 0. The highest BCUT2D eigenvalue weighted by atomic mass is 16.4. The van der Waals surface area contributed by atoms with Crippen molar-refractivity contribution in [3.05, 3.63) is 70.8 Å². The molecular weight excluding hydrogens is 344 g/mol. The van der Waals surface area contributed by atoms with Gasteiger partial charge >= 0.3 is 5.97 Å². The maximum absolute atomic E-state index is 12.8. The van der Waals surface area contributed by atoms with Gasteiger partial charge in [0.05, 0.1) is 11.6 Å². The number of nitrogens with one attached hydrogen (secondary N) is 2. The highest BCUT2D eigenvalue weighted by Gasteiger charge is 2.25. The molecule has 0 fully saturated rings. The van der Waals surface area contributed by atoms with Crippen LogP contribution in [0, 0.1) is 0 Å². The van der Waals surface area contributed by atoms with Crippen LogP contribution in [-0.2, 0) is 22.4 Å². The summed E-state index contributed by atoms with van der Waals surface area (Å²) in [6, 6.07) is 13.6. The molecule has 0 heterocycles. The summed E-state index contributed by atoms with van der Waals surface area (Å²) in [6.45, 7) is 0. The number of hydrogen-bond donors (Lipinski definition) is 3. The molecular formula is C21H22N2O4. The molecule has 0 spiro atoms. The van der Waals surface area contributed by atoms with Crippen molar-refractivity contribution >= 4 is 18.3 Å². The molecule has 1 aliphatic rings. The number of carboxylic acid groups (broad SMARTS) is 1. The average molecular weight is 366 g/mol. The molecule has 2 amide bonds. The van der Waals surface area contributed by atoms with Gasteiger partial charge in [-0.2, -0.15) is 0 Å². The predicted molar refractivity (Wildman–Crippen MR) is 100 cm³/mol. The second kappa shape index (κ2) is 8.49. The van der Waals surface area contributed by atoms with Gasteiger partial charge in [-0.3, -0.25) is 9.59 Å². The zero-order chi connectivity index (χ0) is 19.2. The fourth-order valence-electron chi connectivity index (χ4n) is 3.50. The lowest BCUT2D eigenvalue weighted by Crippen LogP contribution is -2.46. The van der Waals surface area contributed by atoms with Gasteiger partial charge in [-0.15, -0.1) is 0 Å². The Hall–Kier alpha value is -3.15. The minimum atomic E-state index is -1.00. The lowest BCUT2D eigenvalue weighted by Gasteiger charge is -2.28. The van der Waals surface area contributed by atoms with Crippen LogP contribution in [0.15, 0.2) is 48.5 Å². The van der Waals surface area contributed by atoms with Crippen molar-refractivity contribution in [3.8, 4) is 0 Å². The molecule has 140 valence electrons. The number of rotatable bonds is 7. The lowest BCUT2D eigenvalue weighted by atomic mass is 9.87. The van der Waals surface area contributed by atoms with Crippen LogP contribution in [0.4, 0.5) is 0 Å². The first kappa shape index (κ1) is 18.6. The van der Waals surface area contributed by atoms with Crippen molar-refractivity contribution in [2.24, 2.45) is 0 Å². The van der Waals surface area contributed by atoms with E-state index in [1.54, 1.807) is 12.1 Å². The van der Waals surface area contributed by atoms with Crippen LogP contribution in [0.5, 0.6) is 0 Å². The first-order chi connectivity index (χ1) is 13.1. The van der Waals surface area contributed by atoms with Gasteiger partial charge in [0, 0.05) is 6.42 Å². The standard InChI is InChI=1S/C21H22N2O4/c24-13-22-19(12-14-8-10-16(11-9-14)21(26)27)20(25)23-18-7-3-5-15-4-1-2-6-17(15)18/h1-2,4,6,8-11,13,18-19H,3,5,7,12H2,(H,22,24)(H,23,25)(H,26,27). The first-order valence-corrected chi connectivity index (χ1v) is 8.98. The molecule has 0 aromatic heterocycles. The third-order valence-electron chi connectivity index (χ3n) is 4.91. The molecule has 0 saturated heterocycles. The van der Waals surface area contributed by atoms with Crippen molar-refractivity contribution in [3.63, 3.8) is 0 Å². The van der Waals surface area contributed by atoms with Gasteiger partial charge in [0.25, 0.3) is 0 Å². The van der Waals surface area contributed by atoms with Crippen LogP contribution >= 0.6 is 0 Å². The topological polar surface area (TPSA) is 95.5 Å². The summed E-state index contributed by atoms with van der Waals surface area (Å²) in [5, 5.41) is 14.6. The molecule has 3 N–H and O–H groups in total. The van der Waals surface area contributed by atoms with Crippen molar-refractivity contribution < 1.29 is 19.5 Å². The summed E-state index contributed by atoms with van der Waals surface area (Å²) in [5.41, 5.74) is 3.34. The van der Waals surface area contributed by atoms with E-state index in [2.05, 4.69) is 16.7 Å². The van der Waals surface area contributed by atoms with Crippen molar-refractivity contribution in [2.75, 3.05) is 0 Å². The van der Waals surface area contributed by atoms with Gasteiger partial charge in [0.1, 0.15) is 6.04 Å². The van der Waals surface area contributed by atoms with Gasteiger partial charge in [-0.25, -0.2) is 4.79 Å². The van der Waals surface area contributed by atoms with Gasteiger partial charge < -0.3 is 15.7 Å². The molecule has 1 aliphatic carbocycles. The van der Waals surface area contributed by atoms with E-state index in [-0.39, 0.29) is 17.5 Å². The van der Waals surface area contributed by atoms with Crippen LogP contribution in [0.2, 0.25) is 0 Å². The van der Waals surface area contributed by atoms with E-state index in [0.29, 0.717) is 12.8 Å². The van der Waals surface area contributed by atoms with E-state index in [4.69, 9.17) is 5.11 Å². The third-order valence-corrected chi connectivity index (χ3v) is 4.91. The minimum absolute atomic E-state index is 0.0622. The maximum Gasteiger partial charge on any atom is 0.335 e. The van der Waals surface area contributed by atoms with E-state index in [1.165, 1.54) is 17.7 Å². The largest absolute Gasteiger partial charge is 0.478 e. The van der Waals surface area contributed by atoms with Gasteiger partial charge in [0.2, 0.25) is 12.3 Å². The molecule has 6 nitrogen and oxygen atoms in total. The summed E-state index contributed by atoms with van der Waals surface area (Å²) < 4.78 is 0. The van der Waals surface area contributed by atoms with Crippen LogP contribution in [0.3, 0.4) is 0 Å². The zero-order valence-corrected chi connectivity index (χ0v) is 14.9. The van der Waals surface area contributed by atoms with E-state index in [9.17, 15) is 14.4 Å². The Labute approximate surface area is 157 Å². The van der Waals surface area contributed by atoms with Gasteiger partial charge in [-0.05, 0) is 48.1 Å². The van der Waals surface area contributed by atoms with Crippen LogP contribution in [-0.4, -0.2) is 29.4 Å². The zero-order valence-electron chi connectivity index (χ0n) is 14.9. The molecule has 0 bridgehead atoms. The first-order valence-electron chi connectivity index (χ1n) is 8.98. The van der Waals surface area contributed by atoms with Gasteiger partial charge in [-0.1, -0.05) is 36.4 Å². The summed E-state index contributed by atoms with van der Waals surface area (Å²) in [4.78, 5) is 34.7. The van der Waals surface area contributed by atoms with Crippen LogP contribution in [0.1, 0.15) is 45.9 Å². The number of amides is 2. The number of aryl methyl sites for hydroxylation is 1. The fraction of sp³-hybridized carbons (Fsp3) is 0.286. The van der Waals surface area contributed by atoms with E-state index >= 15 is 0 Å². The minimum Gasteiger partial charge on any atom is -0.478 e. The van der Waals surface area contributed by atoms with Crippen molar-refractivity contribution in [1.82, 2.24) is 10.6 Å². The van der Waals surface area contributed by atoms with Crippen molar-refractivity contribution in [1.29, 1.82) is 0 Å². The molecule has 2 aromatic carbocycles. The van der Waals surface area contributed by atoms with E-state index in [0.717, 1.165) is 30.4 Å². The Morgan fingerprint density at radius 2 is 1.89 bits per heavy atom. The number of benzene rings is 2. The Balaban J connectivity index is 1.70. The summed E-state index contributed by atoms with van der Waals surface area (Å²) in [6.07, 6.45) is 3.69. The van der Waals surface area contributed by atoms with Crippen LogP contribution in [0.25, 0.3) is 0 Å².